The number of rotatable bonds is 5. The first-order valence-corrected chi connectivity index (χ1v) is 8.94. The van der Waals surface area contributed by atoms with E-state index in [1.54, 1.807) is 6.20 Å². The summed E-state index contributed by atoms with van der Waals surface area (Å²) in [6.45, 7) is 4.12. The Kier molecular flexibility index (Phi) is 7.40. The molecule has 5 nitrogen and oxygen atoms in total. The molecule has 24 heavy (non-hydrogen) atoms. The predicted molar refractivity (Wildman–Crippen MR) is 112 cm³/mol. The molecule has 2 fully saturated rings. The number of anilines is 1. The summed E-state index contributed by atoms with van der Waals surface area (Å²) in [6.07, 6.45) is 6.70. The molecule has 0 amide bonds. The van der Waals surface area contributed by atoms with Crippen LogP contribution in [0.3, 0.4) is 0 Å². The third kappa shape index (κ3) is 4.88. The lowest BCUT2D eigenvalue weighted by molar-refractivity contribution is 0.625. The number of hydrogen-bond acceptors (Lipinski definition) is 3. The molecule has 1 saturated carbocycles. The van der Waals surface area contributed by atoms with Crippen LogP contribution in [0.5, 0.6) is 0 Å². The molecule has 1 aromatic rings. The van der Waals surface area contributed by atoms with Gasteiger partial charge in [-0.25, -0.2) is 4.98 Å². The highest BCUT2D eigenvalue weighted by atomic mass is 127. The van der Waals surface area contributed by atoms with E-state index in [0.29, 0.717) is 12.1 Å². The van der Waals surface area contributed by atoms with Crippen molar-refractivity contribution in [3.63, 3.8) is 0 Å². The van der Waals surface area contributed by atoms with Gasteiger partial charge in [-0.1, -0.05) is 24.9 Å². The van der Waals surface area contributed by atoms with Crippen molar-refractivity contribution in [2.75, 3.05) is 25.0 Å². The van der Waals surface area contributed by atoms with Crippen LogP contribution < -0.4 is 15.5 Å². The van der Waals surface area contributed by atoms with Gasteiger partial charge in [0.2, 0.25) is 0 Å². The summed E-state index contributed by atoms with van der Waals surface area (Å²) in [4.78, 5) is 11.0. The molecule has 2 aliphatic rings. The molecule has 0 radical (unpaired) electrons. The number of guanidine groups is 1. The molecule has 1 aliphatic heterocycles. The molecule has 0 bridgehead atoms. The van der Waals surface area contributed by atoms with E-state index >= 15 is 0 Å². The second-order valence-electron chi connectivity index (χ2n) is 6.49. The maximum atomic E-state index is 6.25. The maximum Gasteiger partial charge on any atom is 0.191 e. The summed E-state index contributed by atoms with van der Waals surface area (Å²) < 4.78 is 0. The normalized spacial score (nSPS) is 26.0. The van der Waals surface area contributed by atoms with Gasteiger partial charge in [0, 0.05) is 38.4 Å². The first-order chi connectivity index (χ1) is 11.2. The molecule has 1 saturated heterocycles. The number of halogens is 2. The van der Waals surface area contributed by atoms with Crippen LogP contribution in [0, 0.1) is 5.92 Å². The SMILES string of the molecule is CCCC1CC1NC(=NC)NC1CCN(c2ncccc2Cl)C1.I. The van der Waals surface area contributed by atoms with Crippen LogP contribution in [-0.4, -0.2) is 43.2 Å². The Morgan fingerprint density at radius 3 is 3.00 bits per heavy atom. The summed E-state index contributed by atoms with van der Waals surface area (Å²) in [5.41, 5.74) is 0. The van der Waals surface area contributed by atoms with Crippen LogP contribution in [0.4, 0.5) is 5.82 Å². The molecule has 1 aromatic heterocycles. The minimum atomic E-state index is 0. The highest BCUT2D eigenvalue weighted by Crippen LogP contribution is 2.34. The van der Waals surface area contributed by atoms with Gasteiger partial charge in [-0.15, -0.1) is 24.0 Å². The zero-order chi connectivity index (χ0) is 16.2. The molecule has 7 heteroatoms. The highest BCUT2D eigenvalue weighted by Gasteiger charge is 2.37. The zero-order valence-electron chi connectivity index (χ0n) is 14.3. The molecule has 3 unspecified atom stereocenters. The van der Waals surface area contributed by atoms with Crippen LogP contribution in [0.2, 0.25) is 5.02 Å². The Hall–Kier alpha value is -0.760. The van der Waals surface area contributed by atoms with Crippen molar-refractivity contribution in [2.45, 2.75) is 44.7 Å². The van der Waals surface area contributed by atoms with Crippen LogP contribution in [0.15, 0.2) is 23.3 Å². The smallest absolute Gasteiger partial charge is 0.191 e. The molecule has 3 rings (SSSR count). The van der Waals surface area contributed by atoms with Crippen molar-refractivity contribution >= 4 is 47.4 Å². The van der Waals surface area contributed by atoms with Crippen LogP contribution in [-0.2, 0) is 0 Å². The summed E-state index contributed by atoms with van der Waals surface area (Å²) >= 11 is 6.25. The molecule has 2 heterocycles. The lowest BCUT2D eigenvalue weighted by Crippen LogP contribution is -2.45. The summed E-state index contributed by atoms with van der Waals surface area (Å²) in [6, 6.07) is 4.74. The van der Waals surface area contributed by atoms with Gasteiger partial charge in [0.1, 0.15) is 5.82 Å². The van der Waals surface area contributed by atoms with Crippen molar-refractivity contribution in [1.82, 2.24) is 15.6 Å². The molecule has 3 atom stereocenters. The molecule has 0 spiro atoms. The van der Waals surface area contributed by atoms with Crippen molar-refractivity contribution in [2.24, 2.45) is 10.9 Å². The monoisotopic (exact) mass is 463 g/mol. The van der Waals surface area contributed by atoms with E-state index in [9.17, 15) is 0 Å². The van der Waals surface area contributed by atoms with Crippen LogP contribution >= 0.6 is 35.6 Å². The first-order valence-electron chi connectivity index (χ1n) is 8.56. The topological polar surface area (TPSA) is 52.6 Å². The average molecular weight is 464 g/mol. The van der Waals surface area contributed by atoms with Gasteiger partial charge in [-0.2, -0.15) is 0 Å². The number of aromatic nitrogens is 1. The largest absolute Gasteiger partial charge is 0.353 e. The fraction of sp³-hybridized carbons (Fsp3) is 0.647. The van der Waals surface area contributed by atoms with Crippen molar-refractivity contribution in [1.29, 1.82) is 0 Å². The lowest BCUT2D eigenvalue weighted by atomic mass is 10.2. The standard InChI is InChI=1S/C17H26ClN5.HI/c1-3-5-12-10-15(12)22-17(19-2)21-13-7-9-23(11-13)16-14(18)6-4-8-20-16;/h4,6,8,12-13,15H,3,5,7,9-11H2,1-2H3,(H2,19,21,22);1H. The molecule has 2 N–H and O–H groups in total. The second-order valence-corrected chi connectivity index (χ2v) is 6.90. The Bertz CT molecular complexity index is 568. The van der Waals surface area contributed by atoms with Gasteiger partial charge in [0.05, 0.1) is 5.02 Å². The van der Waals surface area contributed by atoms with E-state index in [1.165, 1.54) is 19.3 Å². The first kappa shape index (κ1) is 19.6. The molecule has 134 valence electrons. The Morgan fingerprint density at radius 1 is 1.46 bits per heavy atom. The van der Waals surface area contributed by atoms with E-state index in [0.717, 1.165) is 42.2 Å². The van der Waals surface area contributed by atoms with E-state index in [1.807, 2.05) is 19.2 Å². The van der Waals surface area contributed by atoms with E-state index in [2.05, 4.69) is 32.4 Å². The van der Waals surface area contributed by atoms with Gasteiger partial charge in [0.25, 0.3) is 0 Å². The number of aliphatic imine (C=N–C) groups is 1. The highest BCUT2D eigenvalue weighted by molar-refractivity contribution is 14.0. The maximum absolute atomic E-state index is 6.25. The second kappa shape index (κ2) is 9.08. The van der Waals surface area contributed by atoms with Crippen molar-refractivity contribution in [3.05, 3.63) is 23.4 Å². The number of hydrogen-bond donors (Lipinski definition) is 2. The Labute approximate surface area is 166 Å². The zero-order valence-corrected chi connectivity index (χ0v) is 17.4. The minimum absolute atomic E-state index is 0. The van der Waals surface area contributed by atoms with Crippen LogP contribution in [0.25, 0.3) is 0 Å². The Morgan fingerprint density at radius 2 is 2.29 bits per heavy atom. The fourth-order valence-electron chi connectivity index (χ4n) is 3.33. The van der Waals surface area contributed by atoms with Gasteiger partial charge >= 0.3 is 0 Å². The van der Waals surface area contributed by atoms with E-state index in [4.69, 9.17) is 11.6 Å². The fourth-order valence-corrected chi connectivity index (χ4v) is 3.58. The molecule has 1 aliphatic carbocycles. The van der Waals surface area contributed by atoms with Crippen molar-refractivity contribution < 1.29 is 0 Å². The minimum Gasteiger partial charge on any atom is -0.353 e. The molecule has 0 aromatic carbocycles. The average Bonchev–Trinajstić information content (AvgIpc) is 3.10. The lowest BCUT2D eigenvalue weighted by Gasteiger charge is -2.20. The molecular formula is C17H27ClIN5. The van der Waals surface area contributed by atoms with Crippen molar-refractivity contribution in [3.8, 4) is 0 Å². The number of nitrogens with one attached hydrogen (secondary N) is 2. The van der Waals surface area contributed by atoms with Gasteiger partial charge < -0.3 is 15.5 Å². The Balaban J connectivity index is 0.00000208. The third-order valence-corrected chi connectivity index (χ3v) is 4.99. The van der Waals surface area contributed by atoms with Gasteiger partial charge in [0.15, 0.2) is 5.96 Å². The van der Waals surface area contributed by atoms with Crippen LogP contribution in [0.1, 0.15) is 32.6 Å². The summed E-state index contributed by atoms with van der Waals surface area (Å²) in [5, 5.41) is 7.81. The van der Waals surface area contributed by atoms with Gasteiger partial charge in [-0.05, 0) is 37.3 Å². The van der Waals surface area contributed by atoms with E-state index in [-0.39, 0.29) is 24.0 Å². The predicted octanol–water partition coefficient (Wildman–Crippen LogP) is 3.29. The molecular weight excluding hydrogens is 437 g/mol. The summed E-state index contributed by atoms with van der Waals surface area (Å²) in [7, 11) is 1.84. The summed E-state index contributed by atoms with van der Waals surface area (Å²) in [5.74, 6) is 2.63. The van der Waals surface area contributed by atoms with E-state index < -0.39 is 0 Å². The quantitative estimate of drug-likeness (QED) is 0.400. The number of pyridine rings is 1. The van der Waals surface area contributed by atoms with Gasteiger partial charge in [-0.3, -0.25) is 4.99 Å². The third-order valence-electron chi connectivity index (χ3n) is 4.70. The number of nitrogens with zero attached hydrogens (tertiary/aromatic N) is 3.